The van der Waals surface area contributed by atoms with Gasteiger partial charge in [-0.3, -0.25) is 4.79 Å². The molecule has 1 aliphatic heterocycles. The van der Waals surface area contributed by atoms with Gasteiger partial charge in [-0.2, -0.15) is 0 Å². The molecular formula is C16H25ClN2O. The lowest BCUT2D eigenvalue weighted by molar-refractivity contribution is -0.130. The van der Waals surface area contributed by atoms with Crippen molar-refractivity contribution in [3.8, 4) is 0 Å². The summed E-state index contributed by atoms with van der Waals surface area (Å²) in [5, 5.41) is 3.19. The van der Waals surface area contributed by atoms with Gasteiger partial charge >= 0.3 is 0 Å². The largest absolute Gasteiger partial charge is 0.342 e. The lowest BCUT2D eigenvalue weighted by Crippen LogP contribution is -2.30. The van der Waals surface area contributed by atoms with Gasteiger partial charge in [0.25, 0.3) is 0 Å². The van der Waals surface area contributed by atoms with E-state index in [1.54, 1.807) is 0 Å². The molecule has 1 aromatic carbocycles. The molecule has 0 aliphatic carbocycles. The van der Waals surface area contributed by atoms with Crippen molar-refractivity contribution in [3.63, 3.8) is 0 Å². The summed E-state index contributed by atoms with van der Waals surface area (Å²) in [5.74, 6) is 0.938. The van der Waals surface area contributed by atoms with E-state index in [1.807, 2.05) is 11.9 Å². The maximum absolute atomic E-state index is 12.1. The molecule has 112 valence electrons. The summed E-state index contributed by atoms with van der Waals surface area (Å²) in [6.07, 6.45) is 2.62. The molecule has 4 heteroatoms. The molecule has 20 heavy (non-hydrogen) atoms. The molecule has 0 bridgehead atoms. The van der Waals surface area contributed by atoms with Crippen LogP contribution >= 0.6 is 12.4 Å². The van der Waals surface area contributed by atoms with Crippen molar-refractivity contribution >= 4 is 18.3 Å². The number of hydrogen-bond acceptors (Lipinski definition) is 2. The number of halogens is 1. The molecule has 0 saturated carbocycles. The van der Waals surface area contributed by atoms with Crippen LogP contribution in [-0.2, 0) is 11.2 Å². The first-order valence-electron chi connectivity index (χ1n) is 7.17. The first-order chi connectivity index (χ1) is 9.19. The van der Waals surface area contributed by atoms with Gasteiger partial charge in [0.1, 0.15) is 0 Å². The van der Waals surface area contributed by atoms with Crippen LogP contribution in [0.1, 0.15) is 24.0 Å². The minimum Gasteiger partial charge on any atom is -0.342 e. The number of amides is 1. The first-order valence-corrected chi connectivity index (χ1v) is 7.17. The maximum Gasteiger partial charge on any atom is 0.222 e. The van der Waals surface area contributed by atoms with E-state index in [1.165, 1.54) is 11.1 Å². The Morgan fingerprint density at radius 2 is 2.05 bits per heavy atom. The quantitative estimate of drug-likeness (QED) is 0.905. The standard InChI is InChI=1S/C16H24N2O.ClH/c1-13-3-5-14(6-4-13)7-8-16(19)18-10-9-15(12-18)11-17-2;/h3-6,15,17H,7-12H2,1-2H3;1H. The van der Waals surface area contributed by atoms with E-state index in [4.69, 9.17) is 0 Å². The molecule has 0 radical (unpaired) electrons. The zero-order chi connectivity index (χ0) is 13.7. The third-order valence-corrected chi connectivity index (χ3v) is 3.88. The molecular weight excluding hydrogens is 272 g/mol. The van der Waals surface area contributed by atoms with Gasteiger partial charge in [-0.25, -0.2) is 0 Å². The number of benzene rings is 1. The topological polar surface area (TPSA) is 32.3 Å². The zero-order valence-electron chi connectivity index (χ0n) is 12.4. The molecule has 1 amide bonds. The predicted molar refractivity (Wildman–Crippen MR) is 85.4 cm³/mol. The van der Waals surface area contributed by atoms with Crippen LogP contribution < -0.4 is 5.32 Å². The fourth-order valence-electron chi connectivity index (χ4n) is 2.68. The Kier molecular flexibility index (Phi) is 7.03. The van der Waals surface area contributed by atoms with Crippen LogP contribution in [0, 0.1) is 12.8 Å². The van der Waals surface area contributed by atoms with E-state index in [0.717, 1.165) is 32.5 Å². The van der Waals surface area contributed by atoms with Crippen molar-refractivity contribution in [2.45, 2.75) is 26.2 Å². The highest BCUT2D eigenvalue weighted by molar-refractivity contribution is 5.85. The summed E-state index contributed by atoms with van der Waals surface area (Å²) in [6, 6.07) is 8.46. The molecule has 1 aliphatic rings. The van der Waals surface area contributed by atoms with Gasteiger partial charge in [-0.15, -0.1) is 12.4 Å². The highest BCUT2D eigenvalue weighted by atomic mass is 35.5. The molecule has 0 spiro atoms. The number of carbonyl (C=O) groups is 1. The second kappa shape index (κ2) is 8.28. The van der Waals surface area contributed by atoms with Crippen LogP contribution in [0.4, 0.5) is 0 Å². The third kappa shape index (κ3) is 4.80. The van der Waals surface area contributed by atoms with E-state index < -0.39 is 0 Å². The van der Waals surface area contributed by atoms with Crippen molar-refractivity contribution in [1.82, 2.24) is 10.2 Å². The van der Waals surface area contributed by atoms with Crippen molar-refractivity contribution in [2.75, 3.05) is 26.7 Å². The lowest BCUT2D eigenvalue weighted by Gasteiger charge is -2.16. The molecule has 0 aromatic heterocycles. The van der Waals surface area contributed by atoms with Crippen LogP contribution in [0.15, 0.2) is 24.3 Å². The second-order valence-corrected chi connectivity index (χ2v) is 5.54. The van der Waals surface area contributed by atoms with Gasteiger partial charge in [-0.1, -0.05) is 29.8 Å². The van der Waals surface area contributed by atoms with E-state index >= 15 is 0 Å². The Bertz CT molecular complexity index is 419. The molecule has 1 N–H and O–H groups in total. The summed E-state index contributed by atoms with van der Waals surface area (Å²) in [5.41, 5.74) is 2.52. The highest BCUT2D eigenvalue weighted by Crippen LogP contribution is 2.17. The highest BCUT2D eigenvalue weighted by Gasteiger charge is 2.25. The SMILES string of the molecule is CNCC1CCN(C(=O)CCc2ccc(C)cc2)C1.Cl. The average molecular weight is 297 g/mol. The third-order valence-electron chi connectivity index (χ3n) is 3.88. The summed E-state index contributed by atoms with van der Waals surface area (Å²) in [7, 11) is 1.97. The molecule has 1 heterocycles. The van der Waals surface area contributed by atoms with Crippen molar-refractivity contribution in [1.29, 1.82) is 0 Å². The van der Waals surface area contributed by atoms with Crippen molar-refractivity contribution in [3.05, 3.63) is 35.4 Å². The minimum atomic E-state index is 0. The molecule has 1 unspecified atom stereocenters. The van der Waals surface area contributed by atoms with E-state index in [9.17, 15) is 4.79 Å². The Hall–Kier alpha value is -1.06. The van der Waals surface area contributed by atoms with Gasteiger partial charge in [0, 0.05) is 19.5 Å². The van der Waals surface area contributed by atoms with Gasteiger partial charge in [0.15, 0.2) is 0 Å². The van der Waals surface area contributed by atoms with Gasteiger partial charge in [-0.05, 0) is 44.8 Å². The number of hydrogen-bond donors (Lipinski definition) is 1. The van der Waals surface area contributed by atoms with Gasteiger partial charge in [0.05, 0.1) is 0 Å². The summed E-state index contributed by atoms with van der Waals surface area (Å²) in [6.45, 7) is 4.95. The predicted octanol–water partition coefficient (Wildman–Crippen LogP) is 2.42. The fraction of sp³-hybridized carbons (Fsp3) is 0.562. The Morgan fingerprint density at radius 3 is 2.70 bits per heavy atom. The van der Waals surface area contributed by atoms with E-state index in [0.29, 0.717) is 18.2 Å². The van der Waals surface area contributed by atoms with Crippen LogP contribution in [0.3, 0.4) is 0 Å². The van der Waals surface area contributed by atoms with E-state index in [-0.39, 0.29) is 12.4 Å². The fourth-order valence-corrected chi connectivity index (χ4v) is 2.68. The molecule has 1 fully saturated rings. The maximum atomic E-state index is 12.1. The van der Waals surface area contributed by atoms with Gasteiger partial charge < -0.3 is 10.2 Å². The first kappa shape index (κ1) is 17.0. The normalized spacial score (nSPS) is 17.9. The number of rotatable bonds is 5. The Labute approximate surface area is 128 Å². The Morgan fingerprint density at radius 1 is 1.35 bits per heavy atom. The molecule has 1 atom stereocenters. The molecule has 2 rings (SSSR count). The number of aryl methyl sites for hydroxylation is 2. The van der Waals surface area contributed by atoms with Crippen molar-refractivity contribution < 1.29 is 4.79 Å². The molecule has 1 aromatic rings. The summed E-state index contributed by atoms with van der Waals surface area (Å²) in [4.78, 5) is 14.2. The van der Waals surface area contributed by atoms with E-state index in [2.05, 4.69) is 36.5 Å². The Balaban J connectivity index is 0.00000200. The molecule has 3 nitrogen and oxygen atoms in total. The number of nitrogens with zero attached hydrogens (tertiary/aromatic N) is 1. The molecule has 1 saturated heterocycles. The summed E-state index contributed by atoms with van der Waals surface area (Å²) < 4.78 is 0. The average Bonchev–Trinajstić information content (AvgIpc) is 2.87. The smallest absolute Gasteiger partial charge is 0.222 e. The van der Waals surface area contributed by atoms with Crippen LogP contribution in [0.2, 0.25) is 0 Å². The number of carbonyl (C=O) groups excluding carboxylic acids is 1. The number of likely N-dealkylation sites (tertiary alicyclic amines) is 1. The lowest BCUT2D eigenvalue weighted by atomic mass is 10.1. The van der Waals surface area contributed by atoms with Gasteiger partial charge in [0.2, 0.25) is 5.91 Å². The minimum absolute atomic E-state index is 0. The zero-order valence-corrected chi connectivity index (χ0v) is 13.2. The van der Waals surface area contributed by atoms with Crippen LogP contribution in [0.25, 0.3) is 0 Å². The van der Waals surface area contributed by atoms with Crippen molar-refractivity contribution in [2.24, 2.45) is 5.92 Å². The monoisotopic (exact) mass is 296 g/mol. The second-order valence-electron chi connectivity index (χ2n) is 5.54. The summed E-state index contributed by atoms with van der Waals surface area (Å²) >= 11 is 0. The number of nitrogens with one attached hydrogen (secondary N) is 1. The van der Waals surface area contributed by atoms with Crippen LogP contribution in [0.5, 0.6) is 0 Å². The van der Waals surface area contributed by atoms with Crippen LogP contribution in [-0.4, -0.2) is 37.5 Å².